The zero-order valence-corrected chi connectivity index (χ0v) is 19.0. The van der Waals surface area contributed by atoms with Gasteiger partial charge in [-0.15, -0.1) is 24.0 Å². The molecule has 1 atom stereocenters. The summed E-state index contributed by atoms with van der Waals surface area (Å²) in [5.41, 5.74) is 1.36. The molecule has 1 saturated carbocycles. The standard InChI is InChI=1S/C21H34N4O.HI/c1-17(12-13-18-8-4-3-5-9-18)25-21(22-2)24-15-14-23-20(26)16-19-10-6-7-11-19;/h3-5,8-9,17,19H,6-7,10-16H2,1-2H3,(H,23,26)(H2,22,24,25);1H. The van der Waals surface area contributed by atoms with Gasteiger partial charge in [0, 0.05) is 32.6 Å². The van der Waals surface area contributed by atoms with Crippen molar-refractivity contribution in [1.29, 1.82) is 0 Å². The van der Waals surface area contributed by atoms with E-state index in [1.807, 2.05) is 6.07 Å². The van der Waals surface area contributed by atoms with Crippen LogP contribution in [-0.2, 0) is 11.2 Å². The minimum absolute atomic E-state index is 0. The highest BCUT2D eigenvalue weighted by Crippen LogP contribution is 2.27. The van der Waals surface area contributed by atoms with E-state index in [1.165, 1.54) is 31.2 Å². The van der Waals surface area contributed by atoms with E-state index in [9.17, 15) is 4.79 Å². The summed E-state index contributed by atoms with van der Waals surface area (Å²) in [4.78, 5) is 16.2. The maximum absolute atomic E-state index is 11.9. The summed E-state index contributed by atoms with van der Waals surface area (Å²) in [6.45, 7) is 3.48. The Hall–Kier alpha value is -1.31. The van der Waals surface area contributed by atoms with Crippen molar-refractivity contribution < 1.29 is 4.79 Å². The van der Waals surface area contributed by atoms with Crippen LogP contribution in [0, 0.1) is 5.92 Å². The Morgan fingerprint density at radius 3 is 2.48 bits per heavy atom. The molecular formula is C21H35IN4O. The van der Waals surface area contributed by atoms with Gasteiger partial charge in [-0.1, -0.05) is 43.2 Å². The van der Waals surface area contributed by atoms with Gasteiger partial charge in [0.05, 0.1) is 0 Å². The quantitative estimate of drug-likeness (QED) is 0.217. The fraction of sp³-hybridized carbons (Fsp3) is 0.619. The van der Waals surface area contributed by atoms with Crippen LogP contribution in [0.15, 0.2) is 35.3 Å². The van der Waals surface area contributed by atoms with E-state index in [4.69, 9.17) is 0 Å². The fourth-order valence-electron chi connectivity index (χ4n) is 3.46. The van der Waals surface area contributed by atoms with Crippen molar-refractivity contribution in [3.63, 3.8) is 0 Å². The third-order valence-corrected chi connectivity index (χ3v) is 5.00. The average Bonchev–Trinajstić information content (AvgIpc) is 3.16. The maximum atomic E-state index is 11.9. The van der Waals surface area contributed by atoms with Crippen molar-refractivity contribution in [2.75, 3.05) is 20.1 Å². The Kier molecular flexibility index (Phi) is 12.1. The van der Waals surface area contributed by atoms with Gasteiger partial charge in [0.2, 0.25) is 5.91 Å². The molecule has 0 saturated heterocycles. The van der Waals surface area contributed by atoms with Gasteiger partial charge in [0.15, 0.2) is 5.96 Å². The molecule has 1 aromatic rings. The molecule has 1 aromatic carbocycles. The molecule has 152 valence electrons. The average molecular weight is 486 g/mol. The number of amides is 1. The minimum Gasteiger partial charge on any atom is -0.355 e. The van der Waals surface area contributed by atoms with Crippen LogP contribution >= 0.6 is 24.0 Å². The van der Waals surface area contributed by atoms with Crippen molar-refractivity contribution in [3.05, 3.63) is 35.9 Å². The molecule has 6 heteroatoms. The molecule has 1 aliphatic rings. The van der Waals surface area contributed by atoms with Crippen LogP contribution < -0.4 is 16.0 Å². The highest BCUT2D eigenvalue weighted by molar-refractivity contribution is 14.0. The molecule has 0 bridgehead atoms. The number of benzene rings is 1. The first kappa shape index (κ1) is 23.7. The van der Waals surface area contributed by atoms with Crippen LogP contribution in [0.1, 0.15) is 51.0 Å². The number of nitrogens with zero attached hydrogens (tertiary/aromatic N) is 1. The Balaban J connectivity index is 0.00000364. The topological polar surface area (TPSA) is 65.5 Å². The molecule has 1 fully saturated rings. The van der Waals surface area contributed by atoms with Crippen molar-refractivity contribution in [2.45, 2.75) is 57.9 Å². The summed E-state index contributed by atoms with van der Waals surface area (Å²) >= 11 is 0. The van der Waals surface area contributed by atoms with Crippen LogP contribution in [0.3, 0.4) is 0 Å². The van der Waals surface area contributed by atoms with E-state index >= 15 is 0 Å². The van der Waals surface area contributed by atoms with Gasteiger partial charge in [0.25, 0.3) is 0 Å². The molecule has 3 N–H and O–H groups in total. The van der Waals surface area contributed by atoms with E-state index < -0.39 is 0 Å². The summed E-state index contributed by atoms with van der Waals surface area (Å²) in [6, 6.07) is 10.9. The number of aryl methyl sites for hydroxylation is 1. The smallest absolute Gasteiger partial charge is 0.220 e. The Labute approximate surface area is 181 Å². The van der Waals surface area contributed by atoms with E-state index in [0.717, 1.165) is 18.8 Å². The molecular weight excluding hydrogens is 451 g/mol. The van der Waals surface area contributed by atoms with Crippen molar-refractivity contribution >= 4 is 35.8 Å². The monoisotopic (exact) mass is 486 g/mol. The highest BCUT2D eigenvalue weighted by atomic mass is 127. The van der Waals surface area contributed by atoms with Gasteiger partial charge >= 0.3 is 0 Å². The number of halogens is 1. The zero-order chi connectivity index (χ0) is 18.6. The van der Waals surface area contributed by atoms with Gasteiger partial charge in [0.1, 0.15) is 0 Å². The van der Waals surface area contributed by atoms with Gasteiger partial charge in [-0.2, -0.15) is 0 Å². The molecule has 1 unspecified atom stereocenters. The predicted molar refractivity (Wildman–Crippen MR) is 124 cm³/mol. The summed E-state index contributed by atoms with van der Waals surface area (Å²) in [5.74, 6) is 1.57. The Bertz CT molecular complexity index is 559. The lowest BCUT2D eigenvalue weighted by atomic mass is 10.0. The number of carbonyl (C=O) groups is 1. The number of nitrogens with one attached hydrogen (secondary N) is 3. The van der Waals surface area contributed by atoms with Crippen LogP contribution in [-0.4, -0.2) is 38.0 Å². The molecule has 0 radical (unpaired) electrons. The lowest BCUT2D eigenvalue weighted by molar-refractivity contribution is -0.121. The van der Waals surface area contributed by atoms with Crippen molar-refractivity contribution in [3.8, 4) is 0 Å². The van der Waals surface area contributed by atoms with Crippen molar-refractivity contribution in [2.24, 2.45) is 10.9 Å². The summed E-state index contributed by atoms with van der Waals surface area (Å²) in [7, 11) is 1.78. The molecule has 27 heavy (non-hydrogen) atoms. The number of hydrogen-bond acceptors (Lipinski definition) is 2. The van der Waals surface area contributed by atoms with Crippen LogP contribution in [0.4, 0.5) is 0 Å². The summed E-state index contributed by atoms with van der Waals surface area (Å²) in [5, 5.41) is 9.69. The van der Waals surface area contributed by atoms with E-state index in [2.05, 4.69) is 52.1 Å². The fourth-order valence-corrected chi connectivity index (χ4v) is 3.46. The molecule has 0 aromatic heterocycles. The minimum atomic E-state index is 0. The number of guanidine groups is 1. The van der Waals surface area contributed by atoms with E-state index in [0.29, 0.717) is 31.5 Å². The first-order chi connectivity index (χ1) is 12.7. The number of carbonyl (C=O) groups excluding carboxylic acids is 1. The molecule has 1 amide bonds. The van der Waals surface area contributed by atoms with Gasteiger partial charge in [-0.25, -0.2) is 0 Å². The van der Waals surface area contributed by atoms with Gasteiger partial charge in [-0.3, -0.25) is 9.79 Å². The number of rotatable bonds is 9. The number of aliphatic imine (C=N–C) groups is 1. The SMILES string of the molecule is CN=C(NCCNC(=O)CC1CCCC1)NC(C)CCc1ccccc1.I. The summed E-state index contributed by atoms with van der Waals surface area (Å²) in [6.07, 6.45) is 7.76. The normalized spacial score (nSPS) is 15.7. The molecule has 5 nitrogen and oxygen atoms in total. The number of hydrogen-bond donors (Lipinski definition) is 3. The lowest BCUT2D eigenvalue weighted by Gasteiger charge is -2.18. The molecule has 1 aliphatic carbocycles. The highest BCUT2D eigenvalue weighted by Gasteiger charge is 2.17. The lowest BCUT2D eigenvalue weighted by Crippen LogP contribution is -2.45. The van der Waals surface area contributed by atoms with Gasteiger partial charge in [-0.05, 0) is 44.1 Å². The van der Waals surface area contributed by atoms with Crippen LogP contribution in [0.25, 0.3) is 0 Å². The molecule has 0 aliphatic heterocycles. The Morgan fingerprint density at radius 2 is 1.81 bits per heavy atom. The predicted octanol–water partition coefficient (Wildman–Crippen LogP) is 3.49. The molecule has 2 rings (SSSR count). The second-order valence-electron chi connectivity index (χ2n) is 7.27. The second kappa shape index (κ2) is 13.8. The molecule has 0 heterocycles. The molecule has 0 spiro atoms. The maximum Gasteiger partial charge on any atom is 0.220 e. The third-order valence-electron chi connectivity index (χ3n) is 5.00. The van der Waals surface area contributed by atoms with Crippen molar-refractivity contribution in [1.82, 2.24) is 16.0 Å². The first-order valence-corrected chi connectivity index (χ1v) is 9.95. The second-order valence-corrected chi connectivity index (χ2v) is 7.27. The van der Waals surface area contributed by atoms with E-state index in [-0.39, 0.29) is 29.9 Å². The van der Waals surface area contributed by atoms with Crippen LogP contribution in [0.2, 0.25) is 0 Å². The largest absolute Gasteiger partial charge is 0.355 e. The summed E-state index contributed by atoms with van der Waals surface area (Å²) < 4.78 is 0. The zero-order valence-electron chi connectivity index (χ0n) is 16.7. The van der Waals surface area contributed by atoms with E-state index in [1.54, 1.807) is 7.05 Å². The Morgan fingerprint density at radius 1 is 1.15 bits per heavy atom. The van der Waals surface area contributed by atoms with Crippen LogP contribution in [0.5, 0.6) is 0 Å². The first-order valence-electron chi connectivity index (χ1n) is 9.95. The van der Waals surface area contributed by atoms with Gasteiger partial charge < -0.3 is 16.0 Å². The third kappa shape index (κ3) is 9.98.